The Hall–Kier alpha value is -1.03. The highest BCUT2D eigenvalue weighted by Crippen LogP contribution is 2.40. The van der Waals surface area contributed by atoms with Gasteiger partial charge in [-0.25, -0.2) is 4.98 Å². The van der Waals surface area contributed by atoms with Crippen molar-refractivity contribution in [3.05, 3.63) is 31.0 Å². The second-order valence-electron chi connectivity index (χ2n) is 6.88. The van der Waals surface area contributed by atoms with Crippen LogP contribution in [0.5, 0.6) is 0 Å². The molecule has 3 rings (SSSR count). The van der Waals surface area contributed by atoms with Gasteiger partial charge in [0.05, 0.1) is 22.6 Å². The SMILES string of the molecule is CC(C)Cn1c(C2CCCC(N)N2)nc2c([N+](=O)[O-])c(Br)c(Br)cc21. The first-order valence-electron chi connectivity index (χ1n) is 8.33. The summed E-state index contributed by atoms with van der Waals surface area (Å²) in [6.45, 7) is 4.99. The quantitative estimate of drug-likeness (QED) is 0.510. The lowest BCUT2D eigenvalue weighted by molar-refractivity contribution is -0.384. The van der Waals surface area contributed by atoms with Gasteiger partial charge in [0.25, 0.3) is 0 Å². The Balaban J connectivity index is 2.25. The van der Waals surface area contributed by atoms with Crippen molar-refractivity contribution in [2.75, 3.05) is 0 Å². The molecule has 2 aromatic rings. The molecule has 0 radical (unpaired) electrons. The van der Waals surface area contributed by atoms with Crippen molar-refractivity contribution in [1.29, 1.82) is 0 Å². The Bertz CT molecular complexity index is 821. The lowest BCUT2D eigenvalue weighted by Gasteiger charge is -2.29. The second-order valence-corrected chi connectivity index (χ2v) is 8.52. The van der Waals surface area contributed by atoms with E-state index in [2.05, 4.69) is 55.6 Å². The minimum absolute atomic E-state index is 0.00626. The molecule has 1 aromatic carbocycles. The standard InChI is InChI=1S/C16H21Br2N5O2/c1-8(2)7-22-11-6-9(17)13(18)15(23(24)25)14(11)21-16(22)10-4-3-5-12(19)20-10/h6,8,10,12,20H,3-5,7,19H2,1-2H3. The summed E-state index contributed by atoms with van der Waals surface area (Å²) < 4.78 is 3.16. The number of hydrogen-bond donors (Lipinski definition) is 2. The van der Waals surface area contributed by atoms with Gasteiger partial charge in [-0.1, -0.05) is 13.8 Å². The summed E-state index contributed by atoms with van der Waals surface area (Å²) in [5.74, 6) is 1.21. The topological polar surface area (TPSA) is 99.0 Å². The van der Waals surface area contributed by atoms with Gasteiger partial charge < -0.3 is 10.3 Å². The Morgan fingerprint density at radius 3 is 2.80 bits per heavy atom. The van der Waals surface area contributed by atoms with Crippen LogP contribution in [0.4, 0.5) is 5.69 Å². The number of benzene rings is 1. The number of imidazole rings is 1. The number of piperidine rings is 1. The maximum atomic E-state index is 11.6. The normalized spacial score (nSPS) is 21.2. The molecule has 25 heavy (non-hydrogen) atoms. The van der Waals surface area contributed by atoms with Gasteiger partial charge in [-0.15, -0.1) is 0 Å². The van der Waals surface area contributed by atoms with Crippen molar-refractivity contribution in [2.24, 2.45) is 11.7 Å². The number of nitrogens with one attached hydrogen (secondary N) is 1. The minimum Gasteiger partial charge on any atom is -0.326 e. The predicted molar refractivity (Wildman–Crippen MR) is 104 cm³/mol. The highest BCUT2D eigenvalue weighted by molar-refractivity contribution is 9.13. The van der Waals surface area contributed by atoms with Crippen LogP contribution in [-0.4, -0.2) is 20.6 Å². The molecule has 0 bridgehead atoms. The van der Waals surface area contributed by atoms with Crippen LogP contribution in [0.3, 0.4) is 0 Å². The van der Waals surface area contributed by atoms with Crippen LogP contribution in [0, 0.1) is 16.0 Å². The summed E-state index contributed by atoms with van der Waals surface area (Å²) in [7, 11) is 0. The highest BCUT2D eigenvalue weighted by Gasteiger charge is 2.30. The summed E-state index contributed by atoms with van der Waals surface area (Å²) in [6.07, 6.45) is 2.79. The van der Waals surface area contributed by atoms with Gasteiger partial charge in [-0.05, 0) is 63.1 Å². The number of nitrogens with zero attached hydrogens (tertiary/aromatic N) is 3. The molecule has 3 N–H and O–H groups in total. The van der Waals surface area contributed by atoms with Gasteiger partial charge in [0.2, 0.25) is 0 Å². The second kappa shape index (κ2) is 7.30. The van der Waals surface area contributed by atoms with E-state index in [4.69, 9.17) is 10.7 Å². The summed E-state index contributed by atoms with van der Waals surface area (Å²) in [4.78, 5) is 15.9. The molecule has 7 nitrogen and oxygen atoms in total. The summed E-state index contributed by atoms with van der Waals surface area (Å²) in [5, 5.41) is 15.0. The molecule has 2 atom stereocenters. The molecule has 0 spiro atoms. The molecule has 136 valence electrons. The van der Waals surface area contributed by atoms with Gasteiger partial charge in [-0.3, -0.25) is 15.4 Å². The summed E-state index contributed by atoms with van der Waals surface area (Å²) in [5.41, 5.74) is 7.24. The smallest absolute Gasteiger partial charge is 0.312 e. The molecule has 9 heteroatoms. The van der Waals surface area contributed by atoms with E-state index in [1.54, 1.807) is 0 Å². The molecule has 1 saturated heterocycles. The zero-order chi connectivity index (χ0) is 18.3. The molecule has 1 aliphatic heterocycles. The van der Waals surface area contributed by atoms with Gasteiger partial charge in [0, 0.05) is 11.0 Å². The third-order valence-electron chi connectivity index (χ3n) is 4.41. The fraction of sp³-hybridized carbons (Fsp3) is 0.562. The van der Waals surface area contributed by atoms with Gasteiger partial charge in [0.15, 0.2) is 5.52 Å². The number of aromatic nitrogens is 2. The zero-order valence-electron chi connectivity index (χ0n) is 14.1. The maximum absolute atomic E-state index is 11.6. The van der Waals surface area contributed by atoms with Crippen LogP contribution in [0.25, 0.3) is 11.0 Å². The first kappa shape index (κ1) is 18.8. The molecule has 2 unspecified atom stereocenters. The van der Waals surface area contributed by atoms with Crippen molar-refractivity contribution in [3.8, 4) is 0 Å². The Labute approximate surface area is 162 Å². The molecule has 0 saturated carbocycles. The molecule has 0 aliphatic carbocycles. The third kappa shape index (κ3) is 3.60. The number of nitrogens with two attached hydrogens (primary N) is 1. The molecule has 1 fully saturated rings. The Kier molecular flexibility index (Phi) is 5.48. The molecular weight excluding hydrogens is 454 g/mol. The van der Waals surface area contributed by atoms with Crippen molar-refractivity contribution in [1.82, 2.24) is 14.9 Å². The highest BCUT2D eigenvalue weighted by atomic mass is 79.9. The van der Waals surface area contributed by atoms with E-state index in [1.165, 1.54) is 0 Å². The van der Waals surface area contributed by atoms with Crippen molar-refractivity contribution in [3.63, 3.8) is 0 Å². The van der Waals surface area contributed by atoms with Crippen molar-refractivity contribution in [2.45, 2.75) is 51.9 Å². The van der Waals surface area contributed by atoms with Crippen molar-refractivity contribution < 1.29 is 4.92 Å². The van der Waals surface area contributed by atoms with Crippen LogP contribution in [0.2, 0.25) is 0 Å². The van der Waals surface area contributed by atoms with Crippen LogP contribution < -0.4 is 11.1 Å². The van der Waals surface area contributed by atoms with Gasteiger partial charge in [0.1, 0.15) is 10.3 Å². The number of rotatable bonds is 4. The molecule has 1 aliphatic rings. The largest absolute Gasteiger partial charge is 0.326 e. The zero-order valence-corrected chi connectivity index (χ0v) is 17.3. The number of fused-ring (bicyclic) bond motifs is 1. The van der Waals surface area contributed by atoms with E-state index in [0.717, 1.165) is 37.1 Å². The molecular formula is C16H21Br2N5O2. The first-order valence-corrected chi connectivity index (χ1v) is 9.92. The lowest BCUT2D eigenvalue weighted by atomic mass is 10.0. The molecule has 2 heterocycles. The fourth-order valence-corrected chi connectivity index (χ4v) is 4.22. The van der Waals surface area contributed by atoms with E-state index in [-0.39, 0.29) is 22.8 Å². The van der Waals surface area contributed by atoms with E-state index < -0.39 is 0 Å². The number of halogens is 2. The van der Waals surface area contributed by atoms with Crippen LogP contribution in [0.1, 0.15) is 45.0 Å². The van der Waals surface area contributed by atoms with E-state index in [0.29, 0.717) is 20.4 Å². The number of hydrogen-bond acceptors (Lipinski definition) is 5. The first-order chi connectivity index (χ1) is 11.8. The summed E-state index contributed by atoms with van der Waals surface area (Å²) >= 11 is 6.74. The monoisotopic (exact) mass is 473 g/mol. The van der Waals surface area contributed by atoms with Crippen molar-refractivity contribution >= 4 is 48.6 Å². The Morgan fingerprint density at radius 1 is 1.48 bits per heavy atom. The van der Waals surface area contributed by atoms with E-state index in [9.17, 15) is 10.1 Å². The van der Waals surface area contributed by atoms with Crippen LogP contribution >= 0.6 is 31.9 Å². The van der Waals surface area contributed by atoms with Crippen LogP contribution in [-0.2, 0) is 6.54 Å². The summed E-state index contributed by atoms with van der Waals surface area (Å²) in [6, 6.07) is 1.90. The number of nitro benzene ring substituents is 1. The molecule has 1 aromatic heterocycles. The maximum Gasteiger partial charge on any atom is 0.312 e. The molecule has 0 amide bonds. The fourth-order valence-electron chi connectivity index (χ4n) is 3.36. The third-order valence-corrected chi connectivity index (χ3v) is 6.37. The van der Waals surface area contributed by atoms with E-state index in [1.807, 2.05) is 6.07 Å². The average Bonchev–Trinajstić information content (AvgIpc) is 2.85. The number of nitro groups is 1. The lowest BCUT2D eigenvalue weighted by Crippen LogP contribution is -2.43. The average molecular weight is 475 g/mol. The van der Waals surface area contributed by atoms with Gasteiger partial charge >= 0.3 is 5.69 Å². The Morgan fingerprint density at radius 2 is 2.20 bits per heavy atom. The van der Waals surface area contributed by atoms with Gasteiger partial charge in [-0.2, -0.15) is 0 Å². The predicted octanol–water partition coefficient (Wildman–Crippen LogP) is 4.22. The van der Waals surface area contributed by atoms with E-state index >= 15 is 0 Å². The van der Waals surface area contributed by atoms with Crippen LogP contribution in [0.15, 0.2) is 15.0 Å². The minimum atomic E-state index is -0.381.